The molecule has 4 nitrogen and oxygen atoms in total. The molecule has 134 valence electrons. The third-order valence-electron chi connectivity index (χ3n) is 3.44. The summed E-state index contributed by atoms with van der Waals surface area (Å²) < 4.78 is 36.4. The smallest absolute Gasteiger partial charge is 0.230 e. The van der Waals surface area contributed by atoms with Crippen LogP contribution in [0, 0.1) is 11.6 Å². The molecule has 0 unspecified atom stereocenters. The van der Waals surface area contributed by atoms with Crippen LogP contribution in [0.3, 0.4) is 0 Å². The van der Waals surface area contributed by atoms with Crippen molar-refractivity contribution < 1.29 is 23.0 Å². The van der Waals surface area contributed by atoms with E-state index >= 15 is 0 Å². The third-order valence-corrected chi connectivity index (χ3v) is 4.44. The number of nitrogens with one attached hydrogen (secondary N) is 1. The lowest BCUT2D eigenvalue weighted by atomic mass is 10.1. The summed E-state index contributed by atoms with van der Waals surface area (Å²) in [5.41, 5.74) is 1.01. The van der Waals surface area contributed by atoms with Gasteiger partial charge < -0.3 is 14.8 Å². The highest BCUT2D eigenvalue weighted by Crippen LogP contribution is 2.27. The summed E-state index contributed by atoms with van der Waals surface area (Å²) in [6.07, 6.45) is 0.641. The molecule has 0 bridgehead atoms. The van der Waals surface area contributed by atoms with E-state index in [0.29, 0.717) is 29.4 Å². The Morgan fingerprint density at radius 1 is 1.04 bits per heavy atom. The topological polar surface area (TPSA) is 47.6 Å². The molecular weight excluding hydrogens is 348 g/mol. The van der Waals surface area contributed by atoms with Crippen LogP contribution in [0.5, 0.6) is 11.5 Å². The van der Waals surface area contributed by atoms with Gasteiger partial charge in [-0.15, -0.1) is 11.8 Å². The van der Waals surface area contributed by atoms with Crippen molar-refractivity contribution in [2.45, 2.75) is 11.3 Å². The number of rotatable bonds is 8. The van der Waals surface area contributed by atoms with Gasteiger partial charge in [-0.25, -0.2) is 8.78 Å². The highest BCUT2D eigenvalue weighted by atomic mass is 32.2. The number of benzene rings is 2. The van der Waals surface area contributed by atoms with Crippen LogP contribution >= 0.6 is 11.8 Å². The van der Waals surface area contributed by atoms with Crippen molar-refractivity contribution in [2.75, 3.05) is 26.5 Å². The first-order valence-corrected chi connectivity index (χ1v) is 8.57. The molecule has 7 heteroatoms. The SMILES string of the molecule is COc1ccc(CCNC(=O)CSc2ccc(F)c(F)c2)cc1OC. The molecule has 0 saturated carbocycles. The van der Waals surface area contributed by atoms with E-state index in [-0.39, 0.29) is 11.7 Å². The van der Waals surface area contributed by atoms with E-state index < -0.39 is 11.6 Å². The predicted octanol–water partition coefficient (Wildman–Crippen LogP) is 3.43. The van der Waals surface area contributed by atoms with E-state index in [1.807, 2.05) is 18.2 Å². The normalized spacial score (nSPS) is 10.4. The second-order valence-electron chi connectivity index (χ2n) is 5.15. The summed E-state index contributed by atoms with van der Waals surface area (Å²) in [6.45, 7) is 0.465. The maximum atomic E-state index is 13.1. The van der Waals surface area contributed by atoms with Crippen molar-refractivity contribution in [3.8, 4) is 11.5 Å². The van der Waals surface area contributed by atoms with Crippen LogP contribution in [-0.4, -0.2) is 32.4 Å². The van der Waals surface area contributed by atoms with Crippen molar-refractivity contribution >= 4 is 17.7 Å². The first-order valence-electron chi connectivity index (χ1n) is 7.59. The molecule has 0 spiro atoms. The van der Waals surface area contributed by atoms with E-state index in [1.54, 1.807) is 14.2 Å². The van der Waals surface area contributed by atoms with Gasteiger partial charge in [-0.1, -0.05) is 6.07 Å². The van der Waals surface area contributed by atoms with Crippen molar-refractivity contribution in [3.63, 3.8) is 0 Å². The molecule has 0 aliphatic rings. The largest absolute Gasteiger partial charge is 0.493 e. The summed E-state index contributed by atoms with van der Waals surface area (Å²) in [5.74, 6) is -0.562. The van der Waals surface area contributed by atoms with Crippen molar-refractivity contribution in [1.29, 1.82) is 0 Å². The Kier molecular flexibility index (Phi) is 7.06. The molecule has 1 amide bonds. The van der Waals surface area contributed by atoms with E-state index in [0.717, 1.165) is 29.5 Å². The maximum absolute atomic E-state index is 13.1. The van der Waals surface area contributed by atoms with E-state index in [2.05, 4.69) is 5.32 Å². The zero-order chi connectivity index (χ0) is 18.2. The van der Waals surface area contributed by atoms with Crippen molar-refractivity contribution in [2.24, 2.45) is 0 Å². The number of halogens is 2. The Labute approximate surface area is 149 Å². The Morgan fingerprint density at radius 3 is 2.48 bits per heavy atom. The highest BCUT2D eigenvalue weighted by molar-refractivity contribution is 8.00. The van der Waals surface area contributed by atoms with Crippen LogP contribution in [0.2, 0.25) is 0 Å². The van der Waals surface area contributed by atoms with E-state index in [4.69, 9.17) is 9.47 Å². The van der Waals surface area contributed by atoms with Gasteiger partial charge >= 0.3 is 0 Å². The fourth-order valence-corrected chi connectivity index (χ4v) is 2.90. The number of hydrogen-bond acceptors (Lipinski definition) is 4. The molecule has 0 fully saturated rings. The lowest BCUT2D eigenvalue weighted by Crippen LogP contribution is -2.27. The number of carbonyl (C=O) groups is 1. The Balaban J connectivity index is 1.77. The highest BCUT2D eigenvalue weighted by Gasteiger charge is 2.07. The molecule has 2 aromatic carbocycles. The van der Waals surface area contributed by atoms with E-state index in [9.17, 15) is 13.6 Å². The fraction of sp³-hybridized carbons (Fsp3) is 0.278. The van der Waals surface area contributed by atoms with Gasteiger partial charge in [-0.05, 0) is 42.3 Å². The van der Waals surface area contributed by atoms with Crippen LogP contribution in [0.1, 0.15) is 5.56 Å². The van der Waals surface area contributed by atoms with Crippen molar-refractivity contribution in [3.05, 3.63) is 53.6 Å². The maximum Gasteiger partial charge on any atom is 0.230 e. The first kappa shape index (κ1) is 19.1. The molecule has 2 aromatic rings. The molecular formula is C18H19F2NO3S. The Hall–Kier alpha value is -2.28. The van der Waals surface area contributed by atoms with Crippen LogP contribution in [0.25, 0.3) is 0 Å². The van der Waals surface area contributed by atoms with Gasteiger partial charge in [0.2, 0.25) is 5.91 Å². The number of carbonyl (C=O) groups excluding carboxylic acids is 1. The third kappa shape index (κ3) is 5.63. The van der Waals surface area contributed by atoms with Gasteiger partial charge in [0.05, 0.1) is 20.0 Å². The lowest BCUT2D eigenvalue weighted by Gasteiger charge is -2.10. The van der Waals surface area contributed by atoms with Gasteiger partial charge in [0.15, 0.2) is 23.1 Å². The molecule has 25 heavy (non-hydrogen) atoms. The standard InChI is InChI=1S/C18H19F2NO3S/c1-23-16-6-3-12(9-17(16)24-2)7-8-21-18(22)11-25-13-4-5-14(19)15(20)10-13/h3-6,9-10H,7-8,11H2,1-2H3,(H,21,22). The predicted molar refractivity (Wildman–Crippen MR) is 93.3 cm³/mol. The lowest BCUT2D eigenvalue weighted by molar-refractivity contribution is -0.118. The van der Waals surface area contributed by atoms with E-state index in [1.165, 1.54) is 6.07 Å². The first-order chi connectivity index (χ1) is 12.0. The molecule has 2 rings (SSSR count). The number of methoxy groups -OCH3 is 2. The average molecular weight is 367 g/mol. The minimum absolute atomic E-state index is 0.136. The van der Waals surface area contributed by atoms with Gasteiger partial charge in [0.25, 0.3) is 0 Å². The number of thioether (sulfide) groups is 1. The van der Waals surface area contributed by atoms with Gasteiger partial charge in [-0.3, -0.25) is 4.79 Å². The zero-order valence-corrected chi connectivity index (χ0v) is 14.8. The second-order valence-corrected chi connectivity index (χ2v) is 6.20. The second kappa shape index (κ2) is 9.27. The molecule has 1 N–H and O–H groups in total. The molecule has 0 aliphatic heterocycles. The molecule has 0 aliphatic carbocycles. The van der Waals surface area contributed by atoms with Crippen molar-refractivity contribution in [1.82, 2.24) is 5.32 Å². The number of ether oxygens (including phenoxy) is 2. The minimum Gasteiger partial charge on any atom is -0.493 e. The fourth-order valence-electron chi connectivity index (χ4n) is 2.15. The zero-order valence-electron chi connectivity index (χ0n) is 14.0. The van der Waals surface area contributed by atoms with Crippen LogP contribution in [0.4, 0.5) is 8.78 Å². The number of hydrogen-bond donors (Lipinski definition) is 1. The molecule has 0 atom stereocenters. The van der Waals surface area contributed by atoms with Crippen LogP contribution < -0.4 is 14.8 Å². The van der Waals surface area contributed by atoms with Gasteiger partial charge in [-0.2, -0.15) is 0 Å². The molecule has 0 saturated heterocycles. The molecule has 0 heterocycles. The Morgan fingerprint density at radius 2 is 1.80 bits per heavy atom. The molecule has 0 aromatic heterocycles. The molecule has 0 radical (unpaired) electrons. The van der Waals surface area contributed by atoms with Gasteiger partial charge in [0.1, 0.15) is 0 Å². The van der Waals surface area contributed by atoms with Gasteiger partial charge in [0, 0.05) is 11.4 Å². The minimum atomic E-state index is -0.918. The average Bonchev–Trinajstić information content (AvgIpc) is 2.62. The summed E-state index contributed by atoms with van der Waals surface area (Å²) in [6, 6.07) is 9.16. The summed E-state index contributed by atoms with van der Waals surface area (Å²) >= 11 is 1.15. The summed E-state index contributed by atoms with van der Waals surface area (Å²) in [7, 11) is 3.14. The monoisotopic (exact) mass is 367 g/mol. The van der Waals surface area contributed by atoms with Crippen LogP contribution in [-0.2, 0) is 11.2 Å². The number of amides is 1. The van der Waals surface area contributed by atoms with Crippen LogP contribution in [0.15, 0.2) is 41.3 Å². The quantitative estimate of drug-likeness (QED) is 0.726. The summed E-state index contributed by atoms with van der Waals surface area (Å²) in [4.78, 5) is 12.3. The Bertz CT molecular complexity index is 740. The summed E-state index contributed by atoms with van der Waals surface area (Å²) in [5, 5.41) is 2.79.